The monoisotopic (exact) mass is 251 g/mol. The molecule has 0 fully saturated rings. The van der Waals surface area contributed by atoms with Crippen LogP contribution in [0.4, 0.5) is 0 Å². The van der Waals surface area contributed by atoms with Gasteiger partial charge < -0.3 is 10.0 Å². The number of carboxylic acids is 1. The molecule has 18 heavy (non-hydrogen) atoms. The number of benzene rings is 1. The molecule has 1 N–H and O–H groups in total. The minimum atomic E-state index is -0.960. The average Bonchev–Trinajstić information content (AvgIpc) is 2.39. The third kappa shape index (κ3) is 4.20. The first-order chi connectivity index (χ1) is 8.43. The van der Waals surface area contributed by atoms with Crippen molar-refractivity contribution < 1.29 is 14.7 Å². The van der Waals surface area contributed by atoms with Gasteiger partial charge in [0, 0.05) is 14.1 Å². The molecule has 0 radical (unpaired) electrons. The van der Waals surface area contributed by atoms with Gasteiger partial charge in [0.25, 0.3) is 0 Å². The van der Waals surface area contributed by atoms with Crippen molar-refractivity contribution in [2.24, 2.45) is 0 Å². The molecule has 0 spiro atoms. The number of hydrogen-bond acceptors (Lipinski definition) is 2. The van der Waals surface area contributed by atoms with E-state index in [4.69, 9.17) is 5.11 Å². The highest BCUT2D eigenvalue weighted by molar-refractivity contribution is 5.88. The Hall–Kier alpha value is -1.84. The van der Waals surface area contributed by atoms with E-state index < -0.39 is 5.97 Å². The second-order valence-corrected chi connectivity index (χ2v) is 3.88. The molecule has 0 aliphatic rings. The highest BCUT2D eigenvalue weighted by atomic mass is 16.4. The standard InChI is InChI=1S/C12H15NO3.C2H6/c1-8(11(14)13(2)3)9-4-6-10(7-5-9)12(15)16;1-2/h4-8H,1-3H3,(H,15,16);1-2H3. The minimum Gasteiger partial charge on any atom is -0.478 e. The van der Waals surface area contributed by atoms with Crippen LogP contribution in [-0.2, 0) is 4.79 Å². The van der Waals surface area contributed by atoms with Crippen molar-refractivity contribution in [3.63, 3.8) is 0 Å². The topological polar surface area (TPSA) is 57.6 Å². The van der Waals surface area contributed by atoms with E-state index >= 15 is 0 Å². The van der Waals surface area contributed by atoms with Crippen LogP contribution in [0.1, 0.15) is 42.6 Å². The number of carbonyl (C=O) groups excluding carboxylic acids is 1. The van der Waals surface area contributed by atoms with Crippen molar-refractivity contribution in [1.29, 1.82) is 0 Å². The summed E-state index contributed by atoms with van der Waals surface area (Å²) >= 11 is 0. The average molecular weight is 251 g/mol. The number of aromatic carboxylic acids is 1. The van der Waals surface area contributed by atoms with Crippen LogP contribution in [0, 0.1) is 0 Å². The Morgan fingerprint density at radius 2 is 1.56 bits per heavy atom. The van der Waals surface area contributed by atoms with E-state index in [1.54, 1.807) is 33.2 Å². The predicted molar refractivity (Wildman–Crippen MR) is 71.9 cm³/mol. The number of likely N-dealkylation sites (N-methyl/N-ethyl adjacent to an activating group) is 1. The lowest BCUT2D eigenvalue weighted by atomic mass is 9.99. The summed E-state index contributed by atoms with van der Waals surface area (Å²) in [5.41, 5.74) is 1.05. The number of rotatable bonds is 3. The van der Waals surface area contributed by atoms with Crippen LogP contribution in [0.15, 0.2) is 24.3 Å². The number of carboxylic acid groups (broad SMARTS) is 1. The molecular weight excluding hydrogens is 230 g/mol. The molecule has 0 heterocycles. The van der Waals surface area contributed by atoms with Crippen molar-refractivity contribution in [2.75, 3.05) is 14.1 Å². The van der Waals surface area contributed by atoms with Gasteiger partial charge in [0.15, 0.2) is 0 Å². The lowest BCUT2D eigenvalue weighted by Gasteiger charge is -2.17. The quantitative estimate of drug-likeness (QED) is 0.898. The van der Waals surface area contributed by atoms with Crippen LogP contribution in [0.5, 0.6) is 0 Å². The molecule has 0 saturated heterocycles. The first-order valence-electron chi connectivity index (χ1n) is 5.98. The van der Waals surface area contributed by atoms with Crippen LogP contribution in [0.25, 0.3) is 0 Å². The largest absolute Gasteiger partial charge is 0.478 e. The summed E-state index contributed by atoms with van der Waals surface area (Å²) in [6.45, 7) is 5.80. The van der Waals surface area contributed by atoms with Gasteiger partial charge in [-0.2, -0.15) is 0 Å². The van der Waals surface area contributed by atoms with E-state index in [-0.39, 0.29) is 17.4 Å². The fourth-order valence-corrected chi connectivity index (χ4v) is 1.44. The second kappa shape index (κ2) is 7.48. The summed E-state index contributed by atoms with van der Waals surface area (Å²) in [7, 11) is 3.40. The first kappa shape index (κ1) is 16.2. The zero-order chi connectivity index (χ0) is 14.3. The van der Waals surface area contributed by atoms with Crippen LogP contribution >= 0.6 is 0 Å². The van der Waals surface area contributed by atoms with Gasteiger partial charge in [-0.25, -0.2) is 4.79 Å². The SMILES string of the molecule is CC.CC(C(=O)N(C)C)c1ccc(C(=O)O)cc1. The molecule has 1 atom stereocenters. The van der Waals surface area contributed by atoms with Gasteiger partial charge in [0.1, 0.15) is 0 Å². The number of amides is 1. The molecule has 1 aromatic rings. The molecule has 0 aliphatic heterocycles. The molecule has 4 heteroatoms. The normalized spacial score (nSPS) is 10.9. The van der Waals surface area contributed by atoms with Gasteiger partial charge in [-0.3, -0.25) is 4.79 Å². The molecule has 0 aliphatic carbocycles. The van der Waals surface area contributed by atoms with E-state index in [0.717, 1.165) is 5.56 Å². The summed E-state index contributed by atoms with van der Waals surface area (Å²) in [5.74, 6) is -1.21. The van der Waals surface area contributed by atoms with Crippen molar-refractivity contribution in [2.45, 2.75) is 26.7 Å². The molecule has 0 aromatic heterocycles. The minimum absolute atomic E-state index is 0.00285. The first-order valence-corrected chi connectivity index (χ1v) is 5.98. The van der Waals surface area contributed by atoms with Crippen molar-refractivity contribution >= 4 is 11.9 Å². The van der Waals surface area contributed by atoms with E-state index in [2.05, 4.69) is 0 Å². The van der Waals surface area contributed by atoms with Crippen LogP contribution in [-0.4, -0.2) is 36.0 Å². The molecule has 4 nitrogen and oxygen atoms in total. The molecule has 1 aromatic carbocycles. The highest BCUT2D eigenvalue weighted by Gasteiger charge is 2.17. The Labute approximate surface area is 108 Å². The number of carbonyl (C=O) groups is 2. The Balaban J connectivity index is 0.00000137. The van der Waals surface area contributed by atoms with Gasteiger partial charge in [0.2, 0.25) is 5.91 Å². The van der Waals surface area contributed by atoms with Gasteiger partial charge in [0.05, 0.1) is 11.5 Å². The lowest BCUT2D eigenvalue weighted by molar-refractivity contribution is -0.129. The fraction of sp³-hybridized carbons (Fsp3) is 0.429. The van der Waals surface area contributed by atoms with E-state index in [9.17, 15) is 9.59 Å². The zero-order valence-corrected chi connectivity index (χ0v) is 11.6. The van der Waals surface area contributed by atoms with Crippen LogP contribution in [0.3, 0.4) is 0 Å². The van der Waals surface area contributed by atoms with Crippen LogP contribution in [0.2, 0.25) is 0 Å². The van der Waals surface area contributed by atoms with Crippen molar-refractivity contribution in [3.05, 3.63) is 35.4 Å². The van der Waals surface area contributed by atoms with E-state index in [0.29, 0.717) is 0 Å². The van der Waals surface area contributed by atoms with Crippen molar-refractivity contribution in [1.82, 2.24) is 4.90 Å². The molecular formula is C14H21NO3. The maximum atomic E-state index is 11.7. The molecule has 100 valence electrons. The van der Waals surface area contributed by atoms with Crippen molar-refractivity contribution in [3.8, 4) is 0 Å². The van der Waals surface area contributed by atoms with Crippen LogP contribution < -0.4 is 0 Å². The fourth-order valence-electron chi connectivity index (χ4n) is 1.44. The highest BCUT2D eigenvalue weighted by Crippen LogP contribution is 2.17. The predicted octanol–water partition coefficient (Wildman–Crippen LogP) is 2.60. The summed E-state index contributed by atoms with van der Waals surface area (Å²) in [4.78, 5) is 23.8. The summed E-state index contributed by atoms with van der Waals surface area (Å²) in [5, 5.41) is 8.74. The number of hydrogen-bond donors (Lipinski definition) is 1. The molecule has 1 amide bonds. The number of nitrogens with zero attached hydrogens (tertiary/aromatic N) is 1. The Kier molecular flexibility index (Phi) is 6.71. The summed E-state index contributed by atoms with van der Waals surface area (Å²) in [6, 6.07) is 6.37. The van der Waals surface area contributed by atoms with Gasteiger partial charge in [-0.15, -0.1) is 0 Å². The van der Waals surface area contributed by atoms with Gasteiger partial charge in [-0.1, -0.05) is 26.0 Å². The smallest absolute Gasteiger partial charge is 0.335 e. The molecule has 1 rings (SSSR count). The molecule has 1 unspecified atom stereocenters. The maximum Gasteiger partial charge on any atom is 0.335 e. The maximum absolute atomic E-state index is 11.7. The zero-order valence-electron chi connectivity index (χ0n) is 11.6. The Morgan fingerprint density at radius 1 is 1.11 bits per heavy atom. The van der Waals surface area contributed by atoms with E-state index in [1.807, 2.05) is 13.8 Å². The summed E-state index contributed by atoms with van der Waals surface area (Å²) < 4.78 is 0. The molecule has 0 bridgehead atoms. The Bertz CT molecular complexity index is 396. The second-order valence-electron chi connectivity index (χ2n) is 3.88. The third-order valence-electron chi connectivity index (χ3n) is 2.47. The molecule has 0 saturated carbocycles. The third-order valence-corrected chi connectivity index (χ3v) is 2.47. The van der Waals surface area contributed by atoms with E-state index in [1.165, 1.54) is 17.0 Å². The lowest BCUT2D eigenvalue weighted by Crippen LogP contribution is -2.26. The van der Waals surface area contributed by atoms with Gasteiger partial charge in [-0.05, 0) is 24.6 Å². The van der Waals surface area contributed by atoms with Gasteiger partial charge >= 0.3 is 5.97 Å². The summed E-state index contributed by atoms with van der Waals surface area (Å²) in [6.07, 6.45) is 0. The Morgan fingerprint density at radius 3 is 1.89 bits per heavy atom.